The summed E-state index contributed by atoms with van der Waals surface area (Å²) in [4.78, 5) is 37.6. The predicted molar refractivity (Wildman–Crippen MR) is 191 cm³/mol. The van der Waals surface area contributed by atoms with Crippen molar-refractivity contribution in [2.45, 2.75) is 77.7 Å². The highest BCUT2D eigenvalue weighted by molar-refractivity contribution is 7.92. The third-order valence-corrected chi connectivity index (χ3v) is 12.1. The number of fused-ring (bicyclic) bond motifs is 4. The van der Waals surface area contributed by atoms with E-state index >= 15 is 0 Å². The Balaban J connectivity index is 1.25. The van der Waals surface area contributed by atoms with Crippen molar-refractivity contribution in [3.63, 3.8) is 0 Å². The highest BCUT2D eigenvalue weighted by Gasteiger charge is 2.39. The molecule has 0 radical (unpaired) electrons. The first kappa shape index (κ1) is 35.8. The van der Waals surface area contributed by atoms with Crippen LogP contribution in [-0.2, 0) is 19.6 Å². The van der Waals surface area contributed by atoms with Crippen LogP contribution in [0.15, 0.2) is 53.4 Å². The third-order valence-electron chi connectivity index (χ3n) is 10.8. The van der Waals surface area contributed by atoms with Crippen LogP contribution in [0.5, 0.6) is 5.88 Å². The minimum absolute atomic E-state index is 0.0192. The minimum Gasteiger partial charge on any atom is -0.477 e. The van der Waals surface area contributed by atoms with Crippen molar-refractivity contribution < 1.29 is 27.5 Å². The number of ether oxygens (including phenoxy) is 2. The summed E-state index contributed by atoms with van der Waals surface area (Å²) in [5.74, 6) is 1.23. The molecule has 0 unspecified atom stereocenters. The highest BCUT2D eigenvalue weighted by Crippen LogP contribution is 2.37. The molecule has 2 aliphatic heterocycles. The average molecular weight is 704 g/mol. The number of likely N-dealkylation sites (tertiary alicyclic amines) is 1. The first-order valence-corrected chi connectivity index (χ1v) is 19.2. The lowest BCUT2D eigenvalue weighted by molar-refractivity contribution is -0.144. The van der Waals surface area contributed by atoms with Crippen LogP contribution in [-0.4, -0.2) is 74.1 Å². The van der Waals surface area contributed by atoms with Crippen molar-refractivity contribution in [1.29, 1.82) is 0 Å². The summed E-state index contributed by atoms with van der Waals surface area (Å²) in [6.45, 7) is 12.2. The van der Waals surface area contributed by atoms with E-state index in [1.54, 1.807) is 12.1 Å². The smallest absolute Gasteiger partial charge is 0.264 e. The van der Waals surface area contributed by atoms with Gasteiger partial charge in [-0.15, -0.1) is 0 Å². The lowest BCUT2D eigenvalue weighted by Gasteiger charge is -2.42. The molecule has 3 atom stereocenters. The quantitative estimate of drug-likeness (QED) is 0.342. The Hall–Kier alpha value is -4.03. The molecule has 6 rings (SSSR count). The number of amides is 2. The fourth-order valence-corrected chi connectivity index (χ4v) is 8.64. The molecule has 50 heavy (non-hydrogen) atoms. The van der Waals surface area contributed by atoms with Crippen LogP contribution in [0.4, 0.5) is 5.95 Å². The number of nitrogens with one attached hydrogen (secondary N) is 2. The van der Waals surface area contributed by atoms with E-state index in [0.717, 1.165) is 29.5 Å². The topological polar surface area (TPSA) is 140 Å². The number of nitrogens with zero attached hydrogens (tertiary/aromatic N) is 3. The van der Waals surface area contributed by atoms with Crippen molar-refractivity contribution >= 4 is 27.8 Å². The molecule has 1 aromatic heterocycles. The van der Waals surface area contributed by atoms with Crippen molar-refractivity contribution in [1.82, 2.24) is 20.2 Å². The number of hydrogen-bond acceptors (Lipinski definition) is 8. The van der Waals surface area contributed by atoms with E-state index in [0.29, 0.717) is 49.4 Å². The van der Waals surface area contributed by atoms with Gasteiger partial charge in [-0.25, -0.2) is 18.1 Å². The molecule has 1 aliphatic carbocycles. The summed E-state index contributed by atoms with van der Waals surface area (Å²) in [7, 11) is -4.13. The maximum atomic E-state index is 13.4. The molecule has 1 saturated heterocycles. The zero-order valence-electron chi connectivity index (χ0n) is 29.7. The van der Waals surface area contributed by atoms with E-state index in [4.69, 9.17) is 9.47 Å². The summed E-state index contributed by atoms with van der Waals surface area (Å²) in [5, 5.41) is 3.03. The van der Waals surface area contributed by atoms with Gasteiger partial charge in [0.25, 0.3) is 15.9 Å². The van der Waals surface area contributed by atoms with Crippen molar-refractivity contribution in [3.8, 4) is 17.1 Å². The molecule has 3 aromatic rings. The van der Waals surface area contributed by atoms with Crippen molar-refractivity contribution in [2.75, 3.05) is 37.6 Å². The van der Waals surface area contributed by atoms with Gasteiger partial charge in [-0.05, 0) is 86.6 Å². The normalized spacial score (nSPS) is 23.4. The number of anilines is 1. The van der Waals surface area contributed by atoms with Crippen LogP contribution >= 0.6 is 0 Å². The zero-order chi connectivity index (χ0) is 35.6. The van der Waals surface area contributed by atoms with E-state index in [-0.39, 0.29) is 60.0 Å². The Morgan fingerprint density at radius 3 is 2.50 bits per heavy atom. The number of aryl methyl sites for hydroxylation is 2. The standard InChI is InChI=1S/C38H49N5O6S/c1-24(2)30-13-12-25(3)18-32(30)48-21-34(44)43-16-14-38(15-17-43)22-39-36(45)28-10-7-11-29(19-28)50(46,47)42-37-40-31(20-33(41-37)49-23-38)35-26(4)8-6-9-27(35)5/h6-11,19-20,24-25,30,32H,12-18,21-23H2,1-5H3,(H,39,45)(H,40,41,42)/t25-,30+,32-/m1/s1. The zero-order valence-corrected chi connectivity index (χ0v) is 30.5. The Morgan fingerprint density at radius 2 is 1.78 bits per heavy atom. The molecular formula is C38H49N5O6S. The minimum atomic E-state index is -4.13. The molecule has 268 valence electrons. The molecule has 4 bridgehead atoms. The summed E-state index contributed by atoms with van der Waals surface area (Å²) in [5.41, 5.74) is 3.04. The van der Waals surface area contributed by atoms with E-state index in [2.05, 4.69) is 40.8 Å². The van der Waals surface area contributed by atoms with Crippen molar-refractivity contribution in [3.05, 3.63) is 65.2 Å². The lowest BCUT2D eigenvalue weighted by Crippen LogP contribution is -2.51. The second-order valence-corrected chi connectivity index (χ2v) is 16.5. The Morgan fingerprint density at radius 1 is 1.06 bits per heavy atom. The van der Waals surface area contributed by atoms with Crippen LogP contribution in [0.25, 0.3) is 11.3 Å². The summed E-state index contributed by atoms with van der Waals surface area (Å²) < 4.78 is 42.1. The van der Waals surface area contributed by atoms with Gasteiger partial charge >= 0.3 is 0 Å². The molecule has 2 fully saturated rings. The largest absolute Gasteiger partial charge is 0.477 e. The number of sulfonamides is 1. The van der Waals surface area contributed by atoms with Gasteiger partial charge in [-0.2, -0.15) is 4.98 Å². The Kier molecular flexibility index (Phi) is 10.5. The number of rotatable bonds is 5. The monoisotopic (exact) mass is 703 g/mol. The molecule has 1 saturated carbocycles. The van der Waals surface area contributed by atoms with Crippen LogP contribution in [0.1, 0.15) is 74.4 Å². The van der Waals surface area contributed by atoms with Gasteiger partial charge < -0.3 is 19.7 Å². The highest BCUT2D eigenvalue weighted by atomic mass is 32.2. The summed E-state index contributed by atoms with van der Waals surface area (Å²) in [6, 6.07) is 13.5. The lowest BCUT2D eigenvalue weighted by atomic mass is 9.75. The van der Waals surface area contributed by atoms with E-state index in [1.165, 1.54) is 24.6 Å². The first-order chi connectivity index (χ1) is 23.8. The molecule has 3 aliphatic rings. The van der Waals surface area contributed by atoms with E-state index < -0.39 is 15.4 Å². The number of carbonyl (C=O) groups is 2. The fraction of sp³-hybridized carbons (Fsp3) is 0.526. The Labute approximate surface area is 295 Å². The SMILES string of the molecule is Cc1cccc(C)c1-c1cc2nc(n1)NS(=O)(=O)c1cccc(c1)C(=O)NCC1(CCN(C(=O)CO[C@@H]3C[C@H](C)CC[C@H]3C(C)C)CC1)CO2. The molecule has 12 heteroatoms. The van der Waals surface area contributed by atoms with Gasteiger partial charge in [0.05, 0.1) is 23.3 Å². The maximum absolute atomic E-state index is 13.4. The second-order valence-electron chi connectivity index (χ2n) is 14.8. The van der Waals surface area contributed by atoms with Gasteiger partial charge in [0, 0.05) is 42.2 Å². The van der Waals surface area contributed by atoms with Crippen LogP contribution < -0.4 is 14.8 Å². The number of aromatic nitrogens is 2. The Bertz CT molecular complexity index is 1820. The molecule has 2 N–H and O–H groups in total. The fourth-order valence-electron chi connectivity index (χ4n) is 7.65. The molecule has 11 nitrogen and oxygen atoms in total. The first-order valence-electron chi connectivity index (χ1n) is 17.7. The van der Waals surface area contributed by atoms with Gasteiger partial charge in [-0.1, -0.05) is 51.5 Å². The average Bonchev–Trinajstić information content (AvgIpc) is 3.08. The van der Waals surface area contributed by atoms with Gasteiger partial charge in [0.15, 0.2) is 0 Å². The molecular weight excluding hydrogens is 655 g/mol. The van der Waals surface area contributed by atoms with Crippen LogP contribution in [0.2, 0.25) is 0 Å². The van der Waals surface area contributed by atoms with Crippen molar-refractivity contribution in [2.24, 2.45) is 23.2 Å². The summed E-state index contributed by atoms with van der Waals surface area (Å²) in [6.07, 6.45) is 4.58. The van der Waals surface area contributed by atoms with E-state index in [9.17, 15) is 18.0 Å². The summed E-state index contributed by atoms with van der Waals surface area (Å²) >= 11 is 0. The second kappa shape index (κ2) is 14.7. The maximum Gasteiger partial charge on any atom is 0.264 e. The van der Waals surface area contributed by atoms with Gasteiger partial charge in [-0.3, -0.25) is 9.59 Å². The van der Waals surface area contributed by atoms with Crippen LogP contribution in [0.3, 0.4) is 0 Å². The number of carbonyl (C=O) groups excluding carboxylic acids is 2. The predicted octanol–water partition coefficient (Wildman–Crippen LogP) is 5.77. The number of benzene rings is 2. The molecule has 2 amide bonds. The molecule has 1 spiro atoms. The third kappa shape index (κ3) is 7.96. The van der Waals surface area contributed by atoms with Crippen LogP contribution in [0, 0.1) is 37.0 Å². The van der Waals surface area contributed by atoms with Gasteiger partial charge in [0.2, 0.25) is 17.7 Å². The number of piperidine rings is 1. The van der Waals surface area contributed by atoms with E-state index in [1.807, 2.05) is 36.9 Å². The molecule has 2 aromatic carbocycles. The van der Waals surface area contributed by atoms with Gasteiger partial charge in [0.1, 0.15) is 6.61 Å². The molecule has 3 heterocycles. The number of hydrogen-bond donors (Lipinski definition) is 2.